The number of nitrogens with two attached hydrogens (primary N) is 1. The van der Waals surface area contributed by atoms with Crippen LogP contribution in [0, 0.1) is 17.8 Å². The zero-order valence-electron chi connectivity index (χ0n) is 30.3. The van der Waals surface area contributed by atoms with E-state index >= 15 is 0 Å². The molecule has 0 fully saturated rings. The molecular weight excluding hydrogens is 634 g/mol. The number of aliphatic hydroxyl groups is 1. The second-order valence-electron chi connectivity index (χ2n) is 13.3. The van der Waals surface area contributed by atoms with Crippen molar-refractivity contribution in [2.24, 2.45) is 23.5 Å². The van der Waals surface area contributed by atoms with Crippen molar-refractivity contribution >= 4 is 12.2 Å². The first-order valence-electron chi connectivity index (χ1n) is 17.3. The van der Waals surface area contributed by atoms with Gasteiger partial charge in [-0.2, -0.15) is 0 Å². The molecule has 0 aliphatic heterocycles. The number of amides is 2. The number of benzene rings is 2. The lowest BCUT2D eigenvalue weighted by Crippen LogP contribution is -2.38. The van der Waals surface area contributed by atoms with Crippen LogP contribution < -0.4 is 16.4 Å². The highest BCUT2D eigenvalue weighted by Gasteiger charge is 2.19. The number of aromatic nitrogens is 4. The highest BCUT2D eigenvalue weighted by Crippen LogP contribution is 2.18. The maximum Gasteiger partial charge on any atom is 0.408 e. The van der Waals surface area contributed by atoms with Gasteiger partial charge in [-0.15, -0.1) is 0 Å². The predicted octanol–water partition coefficient (Wildman–Crippen LogP) is 7.20. The van der Waals surface area contributed by atoms with Crippen LogP contribution in [0.15, 0.2) is 85.5 Å². The van der Waals surface area contributed by atoms with E-state index in [1.807, 2.05) is 74.5 Å². The molecule has 0 radical (unpaired) electrons. The molecule has 4 rings (SSSR count). The summed E-state index contributed by atoms with van der Waals surface area (Å²) < 4.78 is 10.3. The van der Waals surface area contributed by atoms with Crippen LogP contribution in [0.25, 0.3) is 0 Å². The molecule has 0 saturated heterocycles. The zero-order chi connectivity index (χ0) is 36.7. The third kappa shape index (κ3) is 18.2. The topological polar surface area (TPSA) is 180 Å². The van der Waals surface area contributed by atoms with Crippen LogP contribution in [0.2, 0.25) is 0 Å². The van der Waals surface area contributed by atoms with E-state index in [9.17, 15) is 9.59 Å². The standard InChI is InChI=1S/C16H21N3O2.C14H21NO3.C8H15N3/c1-12(2)10-14(15-17-8-9-18-15)19-16(20)21-11-13-6-4-3-5-7-13;1-11(2)8-13(9-16)15-14(17)18-10-12-6-4-3-5-7-12;1-6(2)5-7(9)8-10-3-4-11-8/h3-9,12,14H,10-11H2,1-2H3,(H,17,18)(H,19,20);3-7,11,13,16H,8-10H2,1-2H3,(H,15,17);3-4,6-7H,5,9H2,1-2H3,(H,10,11)/t14-;13-;7-/m111/s1. The summed E-state index contributed by atoms with van der Waals surface area (Å²) in [5.74, 6) is 3.11. The van der Waals surface area contributed by atoms with Gasteiger partial charge in [0.05, 0.1) is 24.7 Å². The second-order valence-corrected chi connectivity index (χ2v) is 13.3. The monoisotopic (exact) mass is 691 g/mol. The third-order valence-corrected chi connectivity index (χ3v) is 7.17. The molecule has 7 N–H and O–H groups in total. The van der Waals surface area contributed by atoms with Crippen molar-refractivity contribution in [2.75, 3.05) is 6.61 Å². The smallest absolute Gasteiger partial charge is 0.408 e. The SMILES string of the molecule is CC(C)C[C@@H](N)c1ncc[nH]1.CC(C)C[C@@H](NC(=O)OCc1ccccc1)c1ncc[nH]1.CC(C)C[C@H](CO)NC(=O)OCc1ccccc1. The molecule has 2 amide bonds. The van der Waals surface area contributed by atoms with Crippen LogP contribution in [0.4, 0.5) is 9.59 Å². The molecular formula is C38H57N7O5. The molecule has 274 valence electrons. The molecule has 3 atom stereocenters. The van der Waals surface area contributed by atoms with Crippen LogP contribution in [0.3, 0.4) is 0 Å². The fourth-order valence-electron chi connectivity index (χ4n) is 4.86. The van der Waals surface area contributed by atoms with E-state index in [4.69, 9.17) is 20.3 Å². The molecule has 2 heterocycles. The summed E-state index contributed by atoms with van der Waals surface area (Å²) in [4.78, 5) is 37.8. The Balaban J connectivity index is 0.000000273. The molecule has 0 saturated carbocycles. The lowest BCUT2D eigenvalue weighted by atomic mass is 10.0. The Kier molecular flexibility index (Phi) is 19.6. The normalized spacial score (nSPS) is 12.5. The quantitative estimate of drug-likeness (QED) is 0.0757. The highest BCUT2D eigenvalue weighted by atomic mass is 16.6. The van der Waals surface area contributed by atoms with Crippen molar-refractivity contribution in [3.8, 4) is 0 Å². The van der Waals surface area contributed by atoms with Gasteiger partial charge in [-0.05, 0) is 48.1 Å². The Bertz CT molecular complexity index is 1420. The van der Waals surface area contributed by atoms with Gasteiger partial charge in [0.2, 0.25) is 0 Å². The number of aliphatic hydroxyl groups excluding tert-OH is 1. The second kappa shape index (κ2) is 23.6. The number of alkyl carbamates (subject to hydrolysis) is 2. The lowest BCUT2D eigenvalue weighted by molar-refractivity contribution is 0.126. The Morgan fingerprint density at radius 1 is 0.700 bits per heavy atom. The van der Waals surface area contributed by atoms with Crippen molar-refractivity contribution < 1.29 is 24.2 Å². The van der Waals surface area contributed by atoms with Crippen molar-refractivity contribution in [3.63, 3.8) is 0 Å². The molecule has 0 aliphatic carbocycles. The molecule has 2 aromatic carbocycles. The van der Waals surface area contributed by atoms with Gasteiger partial charge >= 0.3 is 12.2 Å². The average molecular weight is 692 g/mol. The Morgan fingerprint density at radius 3 is 1.58 bits per heavy atom. The summed E-state index contributed by atoms with van der Waals surface area (Å²) in [6, 6.07) is 18.8. The first-order valence-corrected chi connectivity index (χ1v) is 17.3. The first kappa shape index (κ1) is 41.5. The number of ether oxygens (including phenoxy) is 2. The van der Waals surface area contributed by atoms with Gasteiger partial charge in [-0.1, -0.05) is 102 Å². The van der Waals surface area contributed by atoms with E-state index in [2.05, 4.69) is 58.3 Å². The highest BCUT2D eigenvalue weighted by molar-refractivity contribution is 5.68. The van der Waals surface area contributed by atoms with Gasteiger partial charge < -0.3 is 40.9 Å². The van der Waals surface area contributed by atoms with Crippen LogP contribution in [0.1, 0.15) is 95.7 Å². The maximum absolute atomic E-state index is 11.9. The molecule has 0 unspecified atom stereocenters. The minimum atomic E-state index is -0.487. The Morgan fingerprint density at radius 2 is 1.16 bits per heavy atom. The number of nitrogens with zero attached hydrogens (tertiary/aromatic N) is 2. The number of carbonyl (C=O) groups is 2. The van der Waals surface area contributed by atoms with E-state index in [1.165, 1.54) is 0 Å². The number of H-pyrrole nitrogens is 2. The number of rotatable bonds is 15. The van der Waals surface area contributed by atoms with Crippen LogP contribution >= 0.6 is 0 Å². The minimum Gasteiger partial charge on any atom is -0.445 e. The largest absolute Gasteiger partial charge is 0.445 e. The summed E-state index contributed by atoms with van der Waals surface area (Å²) in [6.07, 6.45) is 8.56. The van der Waals surface area contributed by atoms with Gasteiger partial charge in [0.25, 0.3) is 0 Å². The molecule has 12 nitrogen and oxygen atoms in total. The van der Waals surface area contributed by atoms with Crippen molar-refractivity contribution in [3.05, 3.63) is 108 Å². The summed E-state index contributed by atoms with van der Waals surface area (Å²) in [6.45, 7) is 13.0. The molecule has 0 spiro atoms. The van der Waals surface area contributed by atoms with Gasteiger partial charge in [-0.3, -0.25) is 0 Å². The fraction of sp³-hybridized carbons (Fsp3) is 0.474. The molecule has 4 aromatic rings. The third-order valence-electron chi connectivity index (χ3n) is 7.17. The lowest BCUT2D eigenvalue weighted by Gasteiger charge is -2.18. The average Bonchev–Trinajstić information content (AvgIpc) is 3.83. The van der Waals surface area contributed by atoms with Gasteiger partial charge in [0, 0.05) is 24.8 Å². The van der Waals surface area contributed by atoms with Gasteiger partial charge in [-0.25, -0.2) is 19.6 Å². The van der Waals surface area contributed by atoms with Gasteiger partial charge in [0.1, 0.15) is 24.9 Å². The van der Waals surface area contributed by atoms with Crippen molar-refractivity contribution in [2.45, 2.75) is 92.1 Å². The number of hydrogen-bond acceptors (Lipinski definition) is 8. The van der Waals surface area contributed by atoms with Gasteiger partial charge in [0.15, 0.2) is 0 Å². The molecule has 0 aliphatic rings. The van der Waals surface area contributed by atoms with E-state index in [0.717, 1.165) is 42.0 Å². The first-order chi connectivity index (χ1) is 24.0. The predicted molar refractivity (Wildman–Crippen MR) is 196 cm³/mol. The summed E-state index contributed by atoms with van der Waals surface area (Å²) in [7, 11) is 0. The Hall–Kier alpha value is -4.68. The number of carbonyl (C=O) groups excluding carboxylic acids is 2. The number of aromatic amines is 2. The van der Waals surface area contributed by atoms with Crippen molar-refractivity contribution in [1.29, 1.82) is 0 Å². The van der Waals surface area contributed by atoms with E-state index in [1.54, 1.807) is 24.8 Å². The van der Waals surface area contributed by atoms with Crippen LogP contribution in [0.5, 0.6) is 0 Å². The van der Waals surface area contributed by atoms with Crippen LogP contribution in [-0.2, 0) is 22.7 Å². The summed E-state index contributed by atoms with van der Waals surface area (Å²) >= 11 is 0. The molecule has 0 bridgehead atoms. The minimum absolute atomic E-state index is 0.0602. The summed E-state index contributed by atoms with van der Waals surface area (Å²) in [5.41, 5.74) is 7.75. The number of imidazole rings is 2. The number of hydrogen-bond donors (Lipinski definition) is 6. The molecule has 50 heavy (non-hydrogen) atoms. The van der Waals surface area contributed by atoms with E-state index in [-0.39, 0.29) is 37.9 Å². The maximum atomic E-state index is 11.9. The van der Waals surface area contributed by atoms with E-state index < -0.39 is 12.2 Å². The number of nitrogens with one attached hydrogen (secondary N) is 4. The Labute approximate surface area is 297 Å². The van der Waals surface area contributed by atoms with Crippen molar-refractivity contribution in [1.82, 2.24) is 30.6 Å². The van der Waals surface area contributed by atoms with E-state index in [0.29, 0.717) is 17.8 Å². The molecule has 2 aromatic heterocycles. The van der Waals surface area contributed by atoms with Crippen LogP contribution in [-0.4, -0.2) is 49.9 Å². The zero-order valence-corrected chi connectivity index (χ0v) is 30.3. The molecule has 12 heteroatoms. The fourth-order valence-corrected chi connectivity index (χ4v) is 4.86. The summed E-state index contributed by atoms with van der Waals surface area (Å²) in [5, 5.41) is 14.7.